The average molecular weight is 552 g/mol. The average Bonchev–Trinajstić information content (AvgIpc) is 3.27. The van der Waals surface area contributed by atoms with Crippen molar-refractivity contribution in [2.24, 2.45) is 4.99 Å². The van der Waals surface area contributed by atoms with Crippen LogP contribution in [0.15, 0.2) is 94.2 Å². The van der Waals surface area contributed by atoms with Gasteiger partial charge in [-0.2, -0.15) is 0 Å². The Morgan fingerprint density at radius 1 is 1.02 bits per heavy atom. The van der Waals surface area contributed by atoms with E-state index < -0.39 is 12.0 Å². The van der Waals surface area contributed by atoms with E-state index >= 15 is 0 Å². The number of thiazole rings is 1. The van der Waals surface area contributed by atoms with Gasteiger partial charge in [-0.25, -0.2) is 9.79 Å². The molecule has 1 aliphatic rings. The minimum Gasteiger partial charge on any atom is -0.463 e. The summed E-state index contributed by atoms with van der Waals surface area (Å²) in [7, 11) is 3.98. The van der Waals surface area contributed by atoms with Crippen molar-refractivity contribution >= 4 is 34.8 Å². The molecule has 7 heteroatoms. The molecule has 6 nitrogen and oxygen atoms in total. The number of ether oxygens (including phenoxy) is 1. The number of carbonyl (C=O) groups is 1. The minimum atomic E-state index is -0.676. The predicted octanol–water partition coefficient (Wildman–Crippen LogP) is 5.13. The lowest BCUT2D eigenvalue weighted by atomic mass is 9.91. The van der Waals surface area contributed by atoms with Crippen molar-refractivity contribution in [2.75, 3.05) is 25.6 Å². The van der Waals surface area contributed by atoms with Gasteiger partial charge in [-0.3, -0.25) is 9.36 Å². The second-order valence-electron chi connectivity index (χ2n) is 10.2. The third-order valence-corrected chi connectivity index (χ3v) is 7.98. The maximum atomic E-state index is 14.0. The highest BCUT2D eigenvalue weighted by molar-refractivity contribution is 7.07. The highest BCUT2D eigenvalue weighted by Gasteiger charge is 2.35. The van der Waals surface area contributed by atoms with Crippen molar-refractivity contribution in [2.45, 2.75) is 32.7 Å². The van der Waals surface area contributed by atoms with E-state index in [1.165, 1.54) is 16.9 Å². The number of nitrogens with zero attached hydrogens (tertiary/aromatic N) is 3. The third kappa shape index (κ3) is 5.29. The van der Waals surface area contributed by atoms with Crippen LogP contribution in [0.3, 0.4) is 0 Å². The number of hydrogen-bond donors (Lipinski definition) is 0. The van der Waals surface area contributed by atoms with Crippen molar-refractivity contribution in [3.8, 4) is 0 Å². The Kier molecular flexibility index (Phi) is 7.85. The fourth-order valence-electron chi connectivity index (χ4n) is 4.84. The van der Waals surface area contributed by atoms with Crippen LogP contribution in [0, 0.1) is 0 Å². The Morgan fingerprint density at radius 3 is 2.30 bits per heavy atom. The Morgan fingerprint density at radius 2 is 1.70 bits per heavy atom. The van der Waals surface area contributed by atoms with Gasteiger partial charge in [-0.1, -0.05) is 91.9 Å². The van der Waals surface area contributed by atoms with E-state index in [0.717, 1.165) is 22.4 Å². The van der Waals surface area contributed by atoms with Crippen LogP contribution in [0.5, 0.6) is 0 Å². The fraction of sp³-hybridized carbons (Fsp3) is 0.242. The lowest BCUT2D eigenvalue weighted by Gasteiger charge is -2.26. The normalized spacial score (nSPS) is 15.2. The zero-order valence-corrected chi connectivity index (χ0v) is 24.2. The van der Waals surface area contributed by atoms with Gasteiger partial charge in [0.25, 0.3) is 5.56 Å². The first-order valence-electron chi connectivity index (χ1n) is 13.4. The summed E-state index contributed by atoms with van der Waals surface area (Å²) in [6.07, 6.45) is 1.89. The van der Waals surface area contributed by atoms with Crippen LogP contribution in [0.2, 0.25) is 0 Å². The van der Waals surface area contributed by atoms with Crippen molar-refractivity contribution in [3.05, 3.63) is 126 Å². The summed E-state index contributed by atoms with van der Waals surface area (Å²) in [6.45, 7) is 6.28. The summed E-state index contributed by atoms with van der Waals surface area (Å²) >= 11 is 1.33. The zero-order chi connectivity index (χ0) is 28.4. The molecular weight excluding hydrogens is 518 g/mol. The molecule has 0 fully saturated rings. The SMILES string of the molecule is CCOC(=O)C1=C(c2ccccc2)N=c2s/c(=C\c3ccc(N(C)C)cc3)c(=O)n2[C@@H]1c1ccc(C(C)C)cc1. The standard InChI is InChI=1S/C33H33N3O3S/c1-6-39-32(38)28-29(24-10-8-7-9-11-24)34-33-36(30(28)25-16-14-23(15-17-25)21(2)3)31(37)27(40-33)20-22-12-18-26(19-13-22)35(4)5/h7-21,30H,6H2,1-5H3/b27-20-/t30-/m1/s1. The Labute approximate surface area is 238 Å². The van der Waals surface area contributed by atoms with E-state index in [4.69, 9.17) is 9.73 Å². The van der Waals surface area contributed by atoms with E-state index in [0.29, 0.717) is 26.5 Å². The maximum absolute atomic E-state index is 14.0. The minimum absolute atomic E-state index is 0.188. The molecule has 2 heterocycles. The first-order chi connectivity index (χ1) is 19.3. The number of anilines is 1. The molecule has 0 radical (unpaired) electrons. The third-order valence-electron chi connectivity index (χ3n) is 7.00. The quantitative estimate of drug-likeness (QED) is 0.299. The van der Waals surface area contributed by atoms with Gasteiger partial charge >= 0.3 is 5.97 Å². The first kappa shape index (κ1) is 27.3. The van der Waals surface area contributed by atoms with Gasteiger partial charge in [0.2, 0.25) is 0 Å². The van der Waals surface area contributed by atoms with Gasteiger partial charge in [0.05, 0.1) is 28.5 Å². The highest BCUT2D eigenvalue weighted by atomic mass is 32.1. The molecule has 40 heavy (non-hydrogen) atoms. The first-order valence-corrected chi connectivity index (χ1v) is 14.3. The molecule has 0 amide bonds. The maximum Gasteiger partial charge on any atom is 0.338 e. The number of hydrogen-bond acceptors (Lipinski definition) is 6. The topological polar surface area (TPSA) is 63.9 Å². The second kappa shape index (κ2) is 11.5. The largest absolute Gasteiger partial charge is 0.463 e. The fourth-order valence-corrected chi connectivity index (χ4v) is 5.84. The number of benzene rings is 3. The van der Waals surface area contributed by atoms with Crippen molar-refractivity contribution in [1.82, 2.24) is 4.57 Å². The van der Waals surface area contributed by atoms with Crippen LogP contribution < -0.4 is 19.8 Å². The lowest BCUT2D eigenvalue weighted by Crippen LogP contribution is -2.40. The molecule has 0 aliphatic carbocycles. The molecule has 0 N–H and O–H groups in total. The number of esters is 1. The Hall–Kier alpha value is -4.23. The van der Waals surface area contributed by atoms with Gasteiger partial charge in [0, 0.05) is 25.3 Å². The zero-order valence-electron chi connectivity index (χ0n) is 23.4. The molecule has 0 bridgehead atoms. The monoisotopic (exact) mass is 551 g/mol. The van der Waals surface area contributed by atoms with Gasteiger partial charge < -0.3 is 9.64 Å². The van der Waals surface area contributed by atoms with Crippen LogP contribution >= 0.6 is 11.3 Å². The van der Waals surface area contributed by atoms with Gasteiger partial charge in [0.1, 0.15) is 0 Å². The molecule has 0 unspecified atom stereocenters. The van der Waals surface area contributed by atoms with E-state index in [2.05, 4.69) is 26.0 Å². The van der Waals surface area contributed by atoms with Gasteiger partial charge in [-0.15, -0.1) is 0 Å². The predicted molar refractivity (Wildman–Crippen MR) is 162 cm³/mol. The van der Waals surface area contributed by atoms with E-state index in [9.17, 15) is 9.59 Å². The lowest BCUT2D eigenvalue weighted by molar-refractivity contribution is -0.138. The summed E-state index contributed by atoms with van der Waals surface area (Å²) in [5.74, 6) is -0.119. The highest BCUT2D eigenvalue weighted by Crippen LogP contribution is 2.35. The molecular formula is C33H33N3O3S. The number of fused-ring (bicyclic) bond motifs is 1. The van der Waals surface area contributed by atoms with E-state index in [-0.39, 0.29) is 12.2 Å². The van der Waals surface area contributed by atoms with Crippen LogP contribution in [-0.2, 0) is 9.53 Å². The summed E-state index contributed by atoms with van der Waals surface area (Å²) in [4.78, 5) is 35.1. The molecule has 1 aliphatic heterocycles. The van der Waals surface area contributed by atoms with Crippen LogP contribution in [0.1, 0.15) is 55.0 Å². The summed E-state index contributed by atoms with van der Waals surface area (Å²) in [5, 5.41) is 0. The van der Waals surface area contributed by atoms with Crippen molar-refractivity contribution in [1.29, 1.82) is 0 Å². The van der Waals surface area contributed by atoms with Crippen molar-refractivity contribution in [3.63, 3.8) is 0 Å². The summed E-state index contributed by atoms with van der Waals surface area (Å²) in [6, 6.07) is 25.1. The van der Waals surface area contributed by atoms with Crippen molar-refractivity contribution < 1.29 is 9.53 Å². The van der Waals surface area contributed by atoms with Gasteiger partial charge in [0.15, 0.2) is 4.80 Å². The molecule has 4 aromatic rings. The number of rotatable bonds is 7. The molecule has 0 spiro atoms. The smallest absolute Gasteiger partial charge is 0.338 e. The van der Waals surface area contributed by atoms with E-state index in [1.54, 1.807) is 11.5 Å². The second-order valence-corrected chi connectivity index (χ2v) is 11.2. The summed E-state index contributed by atoms with van der Waals surface area (Å²) < 4.78 is 7.75. The van der Waals surface area contributed by atoms with Crippen LogP contribution in [0.4, 0.5) is 5.69 Å². The molecule has 1 atom stereocenters. The molecule has 5 rings (SSSR count). The molecule has 0 saturated carbocycles. The molecule has 0 saturated heterocycles. The summed E-state index contributed by atoms with van der Waals surface area (Å²) in [5.41, 5.74) is 5.51. The molecule has 1 aromatic heterocycles. The Balaban J connectivity index is 1.77. The molecule has 204 valence electrons. The Bertz CT molecular complexity index is 1730. The molecule has 3 aromatic carbocycles. The van der Waals surface area contributed by atoms with Crippen LogP contribution in [-0.4, -0.2) is 31.2 Å². The number of aromatic nitrogens is 1. The number of carbonyl (C=O) groups excluding carboxylic acids is 1. The van der Waals surface area contributed by atoms with E-state index in [1.807, 2.05) is 91.8 Å². The van der Waals surface area contributed by atoms with Gasteiger partial charge in [-0.05, 0) is 47.7 Å². The van der Waals surface area contributed by atoms with Crippen LogP contribution in [0.25, 0.3) is 11.8 Å².